The minimum Gasteiger partial charge on any atom is -0.356 e. The maximum absolute atomic E-state index is 12.3. The zero-order valence-electron chi connectivity index (χ0n) is 13.5. The molecule has 0 fully saturated rings. The number of fused-ring (bicyclic) bond motifs is 1. The summed E-state index contributed by atoms with van der Waals surface area (Å²) < 4.78 is 1.22. The molecule has 0 spiro atoms. The topological polar surface area (TPSA) is 76.9 Å². The molecule has 1 aromatic heterocycles. The van der Waals surface area contributed by atoms with E-state index < -0.39 is 0 Å². The van der Waals surface area contributed by atoms with Crippen LogP contribution in [0.4, 0.5) is 0 Å². The molecule has 0 bridgehead atoms. The molecule has 7 heteroatoms. The molecule has 0 saturated heterocycles. The van der Waals surface area contributed by atoms with Crippen molar-refractivity contribution >= 4 is 28.4 Å². The molecule has 2 aromatic carbocycles. The maximum Gasteiger partial charge on any atom is 0.277 e. The van der Waals surface area contributed by atoms with Crippen molar-refractivity contribution in [3.63, 3.8) is 0 Å². The van der Waals surface area contributed by atoms with E-state index in [1.54, 1.807) is 24.3 Å². The summed E-state index contributed by atoms with van der Waals surface area (Å²) in [5.41, 5.74) is 1.37. The lowest BCUT2D eigenvalue weighted by Crippen LogP contribution is -2.30. The Hall–Kier alpha value is -2.73. The van der Waals surface area contributed by atoms with Crippen molar-refractivity contribution in [1.29, 1.82) is 0 Å². The first kappa shape index (κ1) is 17.1. The Balaban J connectivity index is 1.52. The van der Waals surface area contributed by atoms with E-state index in [2.05, 4.69) is 15.6 Å². The summed E-state index contributed by atoms with van der Waals surface area (Å²) in [7, 11) is 0. The third-order valence-corrected chi connectivity index (χ3v) is 4.04. The summed E-state index contributed by atoms with van der Waals surface area (Å²) in [6.45, 7) is 0.705. The van der Waals surface area contributed by atoms with Crippen LogP contribution in [0.5, 0.6) is 0 Å². The van der Waals surface area contributed by atoms with E-state index in [1.165, 1.54) is 4.68 Å². The average molecular weight is 357 g/mol. The molecular formula is C18H17ClN4O2. The smallest absolute Gasteiger partial charge is 0.277 e. The molecule has 0 saturated carbocycles. The van der Waals surface area contributed by atoms with Crippen LogP contribution in [0.1, 0.15) is 12.0 Å². The number of carbonyl (C=O) groups is 1. The van der Waals surface area contributed by atoms with Gasteiger partial charge >= 0.3 is 0 Å². The maximum atomic E-state index is 12.3. The van der Waals surface area contributed by atoms with Crippen LogP contribution in [0.3, 0.4) is 0 Å². The van der Waals surface area contributed by atoms with Crippen LogP contribution < -0.4 is 10.9 Å². The average Bonchev–Trinajstić information content (AvgIpc) is 2.61. The quantitative estimate of drug-likeness (QED) is 0.734. The zero-order valence-corrected chi connectivity index (χ0v) is 14.2. The van der Waals surface area contributed by atoms with E-state index in [-0.39, 0.29) is 24.4 Å². The lowest BCUT2D eigenvalue weighted by atomic mass is 10.1. The van der Waals surface area contributed by atoms with E-state index in [0.717, 1.165) is 5.56 Å². The largest absolute Gasteiger partial charge is 0.356 e. The highest BCUT2D eigenvalue weighted by Gasteiger charge is 2.07. The summed E-state index contributed by atoms with van der Waals surface area (Å²) in [5.74, 6) is -0.135. The third-order valence-electron chi connectivity index (χ3n) is 3.80. The molecule has 0 unspecified atom stereocenters. The fourth-order valence-electron chi connectivity index (χ4n) is 2.50. The second-order valence-corrected chi connectivity index (χ2v) is 6.05. The molecule has 1 N–H and O–H groups in total. The Morgan fingerprint density at radius 1 is 1.16 bits per heavy atom. The molecule has 3 rings (SSSR count). The van der Waals surface area contributed by atoms with Gasteiger partial charge in [0.2, 0.25) is 5.91 Å². The highest BCUT2D eigenvalue weighted by atomic mass is 35.5. The van der Waals surface area contributed by atoms with Crippen molar-refractivity contribution in [1.82, 2.24) is 20.3 Å². The number of carbonyl (C=O) groups excluding carboxylic acids is 1. The molecule has 0 aliphatic rings. The molecule has 0 aliphatic heterocycles. The van der Waals surface area contributed by atoms with Crippen molar-refractivity contribution in [2.45, 2.75) is 19.4 Å². The Labute approximate surface area is 149 Å². The number of hydrogen-bond donors (Lipinski definition) is 1. The third kappa shape index (κ3) is 4.42. The Bertz CT molecular complexity index is 955. The molecule has 0 aliphatic carbocycles. The van der Waals surface area contributed by atoms with Crippen LogP contribution >= 0.6 is 11.6 Å². The number of aromatic nitrogens is 3. The van der Waals surface area contributed by atoms with Gasteiger partial charge < -0.3 is 5.32 Å². The summed E-state index contributed by atoms with van der Waals surface area (Å²) in [5, 5.41) is 11.9. The van der Waals surface area contributed by atoms with Crippen molar-refractivity contribution in [2.24, 2.45) is 0 Å². The minimum absolute atomic E-state index is 0.135. The number of halogens is 1. The van der Waals surface area contributed by atoms with Gasteiger partial charge in [0.25, 0.3) is 5.56 Å². The summed E-state index contributed by atoms with van der Waals surface area (Å²) in [6, 6.07) is 14.5. The molecule has 1 heterocycles. The predicted molar refractivity (Wildman–Crippen MR) is 96.6 cm³/mol. The van der Waals surface area contributed by atoms with Crippen LogP contribution in [0, 0.1) is 0 Å². The molecular weight excluding hydrogens is 340 g/mol. The van der Waals surface area contributed by atoms with Gasteiger partial charge in [0.15, 0.2) is 0 Å². The van der Waals surface area contributed by atoms with Crippen molar-refractivity contribution in [2.75, 3.05) is 6.54 Å². The summed E-state index contributed by atoms with van der Waals surface area (Å²) in [4.78, 5) is 24.2. The van der Waals surface area contributed by atoms with Gasteiger partial charge in [-0.05, 0) is 36.2 Å². The standard InChI is InChI=1S/C18H17ClN4O2/c19-14-5-3-4-13(12-14)8-10-20-17(24)9-11-23-18(25)15-6-1-2-7-16(15)21-22-23/h1-7,12H,8-11H2,(H,20,24). The van der Waals surface area contributed by atoms with E-state index in [9.17, 15) is 9.59 Å². The molecule has 6 nitrogen and oxygen atoms in total. The van der Waals surface area contributed by atoms with Gasteiger partial charge in [-0.1, -0.05) is 41.1 Å². The molecule has 128 valence electrons. The first-order valence-electron chi connectivity index (χ1n) is 7.97. The number of nitrogens with zero attached hydrogens (tertiary/aromatic N) is 3. The lowest BCUT2D eigenvalue weighted by molar-refractivity contribution is -0.121. The van der Waals surface area contributed by atoms with E-state index >= 15 is 0 Å². The van der Waals surface area contributed by atoms with Crippen LogP contribution in [0.2, 0.25) is 5.02 Å². The Kier molecular flexibility index (Phi) is 5.40. The van der Waals surface area contributed by atoms with Gasteiger partial charge in [-0.2, -0.15) is 0 Å². The van der Waals surface area contributed by atoms with Crippen LogP contribution in [0.15, 0.2) is 53.3 Å². The number of hydrogen-bond acceptors (Lipinski definition) is 4. The Morgan fingerprint density at radius 2 is 2.00 bits per heavy atom. The van der Waals surface area contributed by atoms with Gasteiger partial charge in [-0.3, -0.25) is 9.59 Å². The zero-order chi connectivity index (χ0) is 17.6. The number of benzene rings is 2. The fraction of sp³-hybridized carbons (Fsp3) is 0.222. The SMILES string of the molecule is O=C(CCn1nnc2ccccc2c1=O)NCCc1cccc(Cl)c1. The highest BCUT2D eigenvalue weighted by molar-refractivity contribution is 6.30. The predicted octanol–water partition coefficient (Wildman–Crippen LogP) is 2.19. The second kappa shape index (κ2) is 7.90. The highest BCUT2D eigenvalue weighted by Crippen LogP contribution is 2.10. The first-order chi connectivity index (χ1) is 12.1. The minimum atomic E-state index is -0.239. The van der Waals surface area contributed by atoms with Crippen molar-refractivity contribution < 1.29 is 4.79 Å². The molecule has 3 aromatic rings. The normalized spacial score (nSPS) is 10.8. The van der Waals surface area contributed by atoms with Crippen LogP contribution in [0.25, 0.3) is 10.9 Å². The number of nitrogens with one attached hydrogen (secondary N) is 1. The van der Waals surface area contributed by atoms with Crippen molar-refractivity contribution in [3.8, 4) is 0 Å². The van der Waals surface area contributed by atoms with Crippen molar-refractivity contribution in [3.05, 3.63) is 69.5 Å². The summed E-state index contributed by atoms with van der Waals surface area (Å²) in [6.07, 6.45) is 0.866. The Morgan fingerprint density at radius 3 is 2.84 bits per heavy atom. The fourth-order valence-corrected chi connectivity index (χ4v) is 2.72. The molecule has 0 radical (unpaired) electrons. The molecule has 25 heavy (non-hydrogen) atoms. The second-order valence-electron chi connectivity index (χ2n) is 5.61. The van der Waals surface area contributed by atoms with Gasteiger partial charge in [-0.15, -0.1) is 5.10 Å². The lowest BCUT2D eigenvalue weighted by Gasteiger charge is -2.07. The molecule has 1 amide bonds. The van der Waals surface area contributed by atoms with Gasteiger partial charge in [0.05, 0.1) is 11.9 Å². The van der Waals surface area contributed by atoms with Crippen LogP contribution in [-0.4, -0.2) is 27.4 Å². The van der Waals surface area contributed by atoms with E-state index in [4.69, 9.17) is 11.6 Å². The van der Waals surface area contributed by atoms with Gasteiger partial charge in [0, 0.05) is 18.0 Å². The van der Waals surface area contributed by atoms with Gasteiger partial charge in [0.1, 0.15) is 5.52 Å². The van der Waals surface area contributed by atoms with Crippen LogP contribution in [-0.2, 0) is 17.8 Å². The number of aryl methyl sites for hydroxylation is 1. The summed E-state index contributed by atoms with van der Waals surface area (Å²) >= 11 is 5.93. The first-order valence-corrected chi connectivity index (χ1v) is 8.35. The van der Waals surface area contributed by atoms with E-state index in [1.807, 2.05) is 24.3 Å². The number of amides is 1. The number of rotatable bonds is 6. The van der Waals surface area contributed by atoms with E-state index in [0.29, 0.717) is 28.9 Å². The van der Waals surface area contributed by atoms with Gasteiger partial charge in [-0.25, -0.2) is 4.68 Å². The molecule has 0 atom stereocenters. The monoisotopic (exact) mass is 356 g/mol.